The first-order chi connectivity index (χ1) is 13.2. The van der Waals surface area contributed by atoms with Crippen LogP contribution in [0.1, 0.15) is 29.6 Å². The number of hydrogen-bond donors (Lipinski definition) is 0. The maximum absolute atomic E-state index is 5.59. The van der Waals surface area contributed by atoms with Crippen molar-refractivity contribution in [3.05, 3.63) is 35.4 Å². The normalized spacial score (nSPS) is 21.1. The van der Waals surface area contributed by atoms with E-state index in [4.69, 9.17) is 9.47 Å². The molecule has 146 valence electrons. The molecule has 7 heteroatoms. The Kier molecular flexibility index (Phi) is 5.31. The van der Waals surface area contributed by atoms with E-state index in [9.17, 15) is 0 Å². The minimum Gasteiger partial charge on any atom is -0.493 e. The van der Waals surface area contributed by atoms with Gasteiger partial charge in [-0.3, -0.25) is 4.90 Å². The van der Waals surface area contributed by atoms with Crippen molar-refractivity contribution in [1.82, 2.24) is 24.6 Å². The third kappa shape index (κ3) is 3.66. The molecule has 1 fully saturated rings. The largest absolute Gasteiger partial charge is 0.493 e. The maximum Gasteiger partial charge on any atom is 0.165 e. The molecule has 2 aliphatic heterocycles. The number of para-hydroxylation sites is 1. The van der Waals surface area contributed by atoms with E-state index in [1.165, 1.54) is 11.4 Å². The quantitative estimate of drug-likeness (QED) is 0.799. The van der Waals surface area contributed by atoms with Crippen LogP contribution >= 0.6 is 0 Å². The van der Waals surface area contributed by atoms with Crippen molar-refractivity contribution >= 4 is 0 Å². The Hall–Kier alpha value is -2.12. The second kappa shape index (κ2) is 7.86. The van der Waals surface area contributed by atoms with Crippen molar-refractivity contribution in [2.45, 2.75) is 31.8 Å². The zero-order valence-corrected chi connectivity index (χ0v) is 16.5. The van der Waals surface area contributed by atoms with Gasteiger partial charge in [-0.25, -0.2) is 0 Å². The number of likely N-dealkylation sites (tertiary alicyclic amines) is 1. The van der Waals surface area contributed by atoms with Gasteiger partial charge in [-0.15, -0.1) is 10.2 Å². The van der Waals surface area contributed by atoms with E-state index >= 15 is 0 Å². The van der Waals surface area contributed by atoms with Crippen LogP contribution in [0.15, 0.2) is 18.2 Å². The minimum atomic E-state index is 0.450. The number of aromatic nitrogens is 3. The minimum absolute atomic E-state index is 0.450. The van der Waals surface area contributed by atoms with Crippen molar-refractivity contribution in [3.63, 3.8) is 0 Å². The number of ether oxygens (including phenoxy) is 2. The highest BCUT2D eigenvalue weighted by molar-refractivity contribution is 5.46. The number of benzene rings is 1. The van der Waals surface area contributed by atoms with Crippen molar-refractivity contribution < 1.29 is 9.47 Å². The fourth-order valence-corrected chi connectivity index (χ4v) is 4.26. The van der Waals surface area contributed by atoms with Gasteiger partial charge in [0.05, 0.1) is 14.2 Å². The third-order valence-electron chi connectivity index (χ3n) is 5.79. The lowest BCUT2D eigenvalue weighted by Crippen LogP contribution is -2.23. The van der Waals surface area contributed by atoms with Gasteiger partial charge < -0.3 is 18.9 Å². The lowest BCUT2D eigenvalue weighted by atomic mass is 10.1. The summed E-state index contributed by atoms with van der Waals surface area (Å²) in [6.07, 6.45) is 2.11. The van der Waals surface area contributed by atoms with Gasteiger partial charge in [0.25, 0.3) is 0 Å². The molecule has 0 spiro atoms. The molecule has 0 N–H and O–H groups in total. The number of rotatable bonds is 5. The zero-order chi connectivity index (χ0) is 18.8. The molecule has 2 aliphatic rings. The number of hydrogen-bond acceptors (Lipinski definition) is 6. The Bertz CT molecular complexity index is 791. The molecule has 1 aromatic carbocycles. The molecule has 4 rings (SSSR count). The molecular formula is C20H29N5O2. The summed E-state index contributed by atoms with van der Waals surface area (Å²) in [4.78, 5) is 4.85. The summed E-state index contributed by atoms with van der Waals surface area (Å²) in [5.41, 5.74) is 1.17. The number of methoxy groups -OCH3 is 2. The van der Waals surface area contributed by atoms with Crippen LogP contribution in [0.5, 0.6) is 11.5 Å². The molecule has 2 aromatic rings. The predicted octanol–water partition coefficient (Wildman–Crippen LogP) is 1.77. The van der Waals surface area contributed by atoms with Gasteiger partial charge >= 0.3 is 0 Å². The van der Waals surface area contributed by atoms with E-state index < -0.39 is 0 Å². The van der Waals surface area contributed by atoms with E-state index in [1.807, 2.05) is 12.1 Å². The molecular weight excluding hydrogens is 342 g/mol. The van der Waals surface area contributed by atoms with Gasteiger partial charge in [-0.1, -0.05) is 12.1 Å². The van der Waals surface area contributed by atoms with Gasteiger partial charge in [-0.05, 0) is 26.1 Å². The van der Waals surface area contributed by atoms with Gasteiger partial charge in [-0.2, -0.15) is 0 Å². The van der Waals surface area contributed by atoms with Crippen LogP contribution in [0.3, 0.4) is 0 Å². The topological polar surface area (TPSA) is 55.7 Å². The highest BCUT2D eigenvalue weighted by Crippen LogP contribution is 2.34. The standard InChI is InChI=1S/C20H29N5O2/c1-23-9-8-18-21-22-20(25(18)12-11-23)16-7-10-24(14-16)13-15-5-4-6-17(26-2)19(15)27-3/h4-6,16H,7-14H2,1-3H3. The van der Waals surface area contributed by atoms with Gasteiger partial charge in [0.2, 0.25) is 0 Å². The van der Waals surface area contributed by atoms with Crippen LogP contribution in [0.25, 0.3) is 0 Å². The molecule has 0 saturated carbocycles. The second-order valence-corrected chi connectivity index (χ2v) is 7.55. The molecule has 3 heterocycles. The number of nitrogens with zero attached hydrogens (tertiary/aromatic N) is 5. The smallest absolute Gasteiger partial charge is 0.165 e. The summed E-state index contributed by atoms with van der Waals surface area (Å²) >= 11 is 0. The molecule has 0 radical (unpaired) electrons. The highest BCUT2D eigenvalue weighted by atomic mass is 16.5. The van der Waals surface area contributed by atoms with Crippen LogP contribution in [0.4, 0.5) is 0 Å². The van der Waals surface area contributed by atoms with Crippen LogP contribution in [-0.4, -0.2) is 72.0 Å². The van der Waals surface area contributed by atoms with Crippen molar-refractivity contribution in [2.24, 2.45) is 0 Å². The van der Waals surface area contributed by atoms with Gasteiger partial charge in [0.15, 0.2) is 11.5 Å². The summed E-state index contributed by atoms with van der Waals surface area (Å²) in [6.45, 7) is 6.05. The average Bonchev–Trinajstić information content (AvgIpc) is 3.26. The summed E-state index contributed by atoms with van der Waals surface area (Å²) in [5, 5.41) is 9.06. The SMILES string of the molecule is COc1cccc(CN2CCC(c3nnc4n3CCN(C)CC4)C2)c1OC. The molecule has 27 heavy (non-hydrogen) atoms. The summed E-state index contributed by atoms with van der Waals surface area (Å²) in [7, 11) is 5.57. The molecule has 0 amide bonds. The Labute approximate surface area is 160 Å². The van der Waals surface area contributed by atoms with Crippen molar-refractivity contribution in [2.75, 3.05) is 47.4 Å². The lowest BCUT2D eigenvalue weighted by Gasteiger charge is -2.19. The zero-order valence-electron chi connectivity index (χ0n) is 16.5. The van der Waals surface area contributed by atoms with E-state index in [-0.39, 0.29) is 0 Å². The first kappa shape index (κ1) is 18.3. The first-order valence-electron chi connectivity index (χ1n) is 9.72. The Morgan fingerprint density at radius 3 is 2.78 bits per heavy atom. The molecule has 1 aromatic heterocycles. The lowest BCUT2D eigenvalue weighted by molar-refractivity contribution is 0.307. The summed E-state index contributed by atoms with van der Waals surface area (Å²) < 4.78 is 13.4. The molecule has 1 saturated heterocycles. The first-order valence-corrected chi connectivity index (χ1v) is 9.72. The fourth-order valence-electron chi connectivity index (χ4n) is 4.26. The predicted molar refractivity (Wildman–Crippen MR) is 103 cm³/mol. The Morgan fingerprint density at radius 1 is 1.07 bits per heavy atom. The van der Waals surface area contributed by atoms with Crippen molar-refractivity contribution in [3.8, 4) is 11.5 Å². The van der Waals surface area contributed by atoms with Crippen LogP contribution < -0.4 is 9.47 Å². The van der Waals surface area contributed by atoms with Crippen molar-refractivity contribution in [1.29, 1.82) is 0 Å². The van der Waals surface area contributed by atoms with Crippen LogP contribution in [0, 0.1) is 0 Å². The van der Waals surface area contributed by atoms with Gasteiger partial charge in [0.1, 0.15) is 11.6 Å². The van der Waals surface area contributed by atoms with Gasteiger partial charge in [0, 0.05) is 50.6 Å². The Balaban J connectivity index is 1.47. The number of likely N-dealkylation sites (N-methyl/N-ethyl adjacent to an activating group) is 1. The Morgan fingerprint density at radius 2 is 1.96 bits per heavy atom. The maximum atomic E-state index is 5.59. The molecule has 1 unspecified atom stereocenters. The average molecular weight is 371 g/mol. The third-order valence-corrected chi connectivity index (χ3v) is 5.79. The monoisotopic (exact) mass is 371 g/mol. The fraction of sp³-hybridized carbons (Fsp3) is 0.600. The van der Waals surface area contributed by atoms with E-state index in [2.05, 4.69) is 37.7 Å². The number of fused-ring (bicyclic) bond motifs is 1. The summed E-state index contributed by atoms with van der Waals surface area (Å²) in [6, 6.07) is 6.09. The van der Waals surface area contributed by atoms with Crippen LogP contribution in [-0.2, 0) is 19.5 Å². The second-order valence-electron chi connectivity index (χ2n) is 7.55. The van der Waals surface area contributed by atoms with E-state index in [0.717, 1.165) is 69.4 Å². The molecule has 1 atom stereocenters. The molecule has 0 aliphatic carbocycles. The molecule has 7 nitrogen and oxygen atoms in total. The van der Waals surface area contributed by atoms with E-state index in [0.29, 0.717) is 5.92 Å². The summed E-state index contributed by atoms with van der Waals surface area (Å²) in [5.74, 6) is 4.38. The molecule has 0 bridgehead atoms. The highest BCUT2D eigenvalue weighted by Gasteiger charge is 2.30. The van der Waals surface area contributed by atoms with Crippen LogP contribution in [0.2, 0.25) is 0 Å². The van der Waals surface area contributed by atoms with E-state index in [1.54, 1.807) is 14.2 Å².